The van der Waals surface area contributed by atoms with E-state index in [4.69, 9.17) is 5.73 Å². The van der Waals surface area contributed by atoms with Crippen LogP contribution in [0.4, 0.5) is 0 Å². The fourth-order valence-electron chi connectivity index (χ4n) is 5.47. The van der Waals surface area contributed by atoms with Crippen molar-refractivity contribution >= 4 is 29.4 Å². The van der Waals surface area contributed by atoms with Gasteiger partial charge < -0.3 is 20.9 Å². The van der Waals surface area contributed by atoms with Gasteiger partial charge in [0.1, 0.15) is 12.1 Å². The first-order valence-electron chi connectivity index (χ1n) is 11.9. The largest absolute Gasteiger partial charge is 0.369 e. The van der Waals surface area contributed by atoms with Crippen molar-refractivity contribution in [3.05, 3.63) is 0 Å². The summed E-state index contributed by atoms with van der Waals surface area (Å²) in [5.74, 6) is -1.51. The predicted octanol–water partition coefficient (Wildman–Crippen LogP) is 0.744. The van der Waals surface area contributed by atoms with Crippen molar-refractivity contribution in [3.8, 4) is 0 Å². The Morgan fingerprint density at radius 2 is 1.78 bits per heavy atom. The molecule has 0 aromatic heterocycles. The summed E-state index contributed by atoms with van der Waals surface area (Å²) < 4.78 is 0. The highest BCUT2D eigenvalue weighted by Crippen LogP contribution is 2.33. The number of nitrogens with two attached hydrogens (primary N) is 1. The Morgan fingerprint density at radius 3 is 2.41 bits per heavy atom. The van der Waals surface area contributed by atoms with E-state index in [-0.39, 0.29) is 30.7 Å². The smallest absolute Gasteiger partial charge is 0.245 e. The molecule has 3 N–H and O–H groups in total. The highest BCUT2D eigenvalue weighted by Gasteiger charge is 2.52. The van der Waals surface area contributed by atoms with Gasteiger partial charge in [-0.25, -0.2) is 0 Å². The molecule has 4 amide bonds. The molecule has 0 spiro atoms. The Labute approximate surface area is 189 Å². The fraction of sp³-hybridized carbons (Fsp3) is 0.783. The molecule has 4 atom stereocenters. The van der Waals surface area contributed by atoms with E-state index in [0.29, 0.717) is 25.3 Å². The van der Waals surface area contributed by atoms with Crippen LogP contribution in [0.25, 0.3) is 0 Å². The number of amides is 4. The second-order valence-electron chi connectivity index (χ2n) is 9.66. The van der Waals surface area contributed by atoms with Gasteiger partial charge in [-0.05, 0) is 25.2 Å². The van der Waals surface area contributed by atoms with Crippen LogP contribution in [0.5, 0.6) is 0 Å². The maximum absolute atomic E-state index is 13.2. The van der Waals surface area contributed by atoms with Crippen LogP contribution in [0, 0.1) is 11.8 Å². The number of primary amides is 1. The number of ketones is 1. The van der Waals surface area contributed by atoms with Crippen molar-refractivity contribution in [2.75, 3.05) is 13.1 Å². The fourth-order valence-corrected chi connectivity index (χ4v) is 5.47. The second kappa shape index (κ2) is 10.4. The van der Waals surface area contributed by atoms with Gasteiger partial charge in [0.2, 0.25) is 23.6 Å². The monoisotopic (exact) mass is 448 g/mol. The number of carbonyl (C=O) groups is 5. The summed E-state index contributed by atoms with van der Waals surface area (Å²) in [7, 11) is 0. The highest BCUT2D eigenvalue weighted by molar-refractivity contribution is 5.99. The summed E-state index contributed by atoms with van der Waals surface area (Å²) in [6.45, 7) is 3.28. The van der Waals surface area contributed by atoms with Gasteiger partial charge in [0.05, 0.1) is 12.6 Å². The van der Waals surface area contributed by atoms with E-state index in [1.807, 2.05) is 0 Å². The van der Waals surface area contributed by atoms with Gasteiger partial charge in [-0.2, -0.15) is 0 Å². The van der Waals surface area contributed by atoms with Gasteiger partial charge in [0.25, 0.3) is 0 Å². The second-order valence-corrected chi connectivity index (χ2v) is 9.66. The molecule has 0 radical (unpaired) electrons. The number of hydrogen-bond acceptors (Lipinski definition) is 5. The van der Waals surface area contributed by atoms with E-state index in [2.05, 4.69) is 5.32 Å². The molecule has 32 heavy (non-hydrogen) atoms. The van der Waals surface area contributed by atoms with Crippen molar-refractivity contribution < 1.29 is 24.0 Å². The molecule has 3 aliphatic rings. The van der Waals surface area contributed by atoms with Crippen LogP contribution in [0.15, 0.2) is 0 Å². The molecule has 3 rings (SSSR count). The minimum absolute atomic E-state index is 0.00789. The summed E-state index contributed by atoms with van der Waals surface area (Å²) in [6, 6.07) is -1.92. The average molecular weight is 449 g/mol. The van der Waals surface area contributed by atoms with E-state index < -0.39 is 35.7 Å². The number of hydrogen-bond donors (Lipinski definition) is 2. The van der Waals surface area contributed by atoms with Gasteiger partial charge in [-0.15, -0.1) is 0 Å². The van der Waals surface area contributed by atoms with Gasteiger partial charge in [-0.3, -0.25) is 24.0 Å². The number of Topliss-reactive ketones (excluding diaryl/α,β-unsaturated/α-hetero) is 1. The number of rotatable bonds is 8. The summed E-state index contributed by atoms with van der Waals surface area (Å²) >= 11 is 0. The summed E-state index contributed by atoms with van der Waals surface area (Å²) in [4.78, 5) is 65.2. The molecular weight excluding hydrogens is 412 g/mol. The van der Waals surface area contributed by atoms with Crippen molar-refractivity contribution in [1.82, 2.24) is 15.1 Å². The molecule has 2 aliphatic heterocycles. The maximum Gasteiger partial charge on any atom is 0.245 e. The average Bonchev–Trinajstić information content (AvgIpc) is 3.33. The molecule has 0 aromatic rings. The highest BCUT2D eigenvalue weighted by atomic mass is 16.2. The van der Waals surface area contributed by atoms with Crippen LogP contribution in [-0.4, -0.2) is 70.4 Å². The lowest BCUT2D eigenvalue weighted by atomic mass is 9.86. The van der Waals surface area contributed by atoms with Crippen molar-refractivity contribution in [2.45, 2.75) is 89.8 Å². The van der Waals surface area contributed by atoms with Crippen molar-refractivity contribution in [1.29, 1.82) is 0 Å². The van der Waals surface area contributed by atoms with Crippen LogP contribution in [0.2, 0.25) is 0 Å². The van der Waals surface area contributed by atoms with Crippen LogP contribution in [-0.2, 0) is 24.0 Å². The molecule has 2 heterocycles. The van der Waals surface area contributed by atoms with Gasteiger partial charge in [-0.1, -0.05) is 39.0 Å². The van der Waals surface area contributed by atoms with Gasteiger partial charge in [0, 0.05) is 25.8 Å². The Kier molecular flexibility index (Phi) is 7.90. The molecule has 9 heteroatoms. The van der Waals surface area contributed by atoms with E-state index in [1.165, 1.54) is 43.9 Å². The lowest BCUT2D eigenvalue weighted by Gasteiger charge is -2.29. The number of nitrogens with zero attached hydrogens (tertiary/aromatic N) is 2. The molecular formula is C23H36N4O5. The van der Waals surface area contributed by atoms with Crippen molar-refractivity contribution in [2.24, 2.45) is 17.6 Å². The lowest BCUT2D eigenvalue weighted by molar-refractivity contribution is -0.138. The molecule has 1 saturated carbocycles. The third-order valence-corrected chi connectivity index (χ3v) is 7.27. The Morgan fingerprint density at radius 1 is 1.09 bits per heavy atom. The zero-order valence-electron chi connectivity index (χ0n) is 19.2. The molecule has 1 aliphatic carbocycles. The molecule has 178 valence electrons. The van der Waals surface area contributed by atoms with Crippen LogP contribution in [0.3, 0.4) is 0 Å². The normalized spacial score (nSPS) is 25.4. The van der Waals surface area contributed by atoms with Gasteiger partial charge in [0.15, 0.2) is 5.78 Å². The Bertz CT molecular complexity index is 763. The number of fused-ring (bicyclic) bond motifs is 1. The van der Waals surface area contributed by atoms with Crippen LogP contribution >= 0.6 is 0 Å². The zero-order chi connectivity index (χ0) is 23.4. The molecule has 0 bridgehead atoms. The molecule has 3 unspecified atom stereocenters. The number of likely N-dealkylation sites (tertiary alicyclic amines) is 2. The minimum Gasteiger partial charge on any atom is -0.369 e. The number of nitrogens with one attached hydrogen (secondary N) is 1. The maximum atomic E-state index is 13.2. The standard InChI is InChI=1S/C23H36N4O5/c1-14(22(24)31)12-17(25-15(2)28)23(32)27-13-19(29)21-18(27)10-11-26(21)20(30)9-8-16-6-4-3-5-7-16/h14,16-18,21H,3-13H2,1-2H3,(H2,24,31)(H,25,28)/t14?,17-,18?,21?/m0/s1. The van der Waals surface area contributed by atoms with E-state index in [1.54, 1.807) is 11.8 Å². The quantitative estimate of drug-likeness (QED) is 0.566. The molecule has 2 saturated heterocycles. The number of carbonyl (C=O) groups excluding carboxylic acids is 5. The lowest BCUT2D eigenvalue weighted by Crippen LogP contribution is -2.51. The van der Waals surface area contributed by atoms with E-state index >= 15 is 0 Å². The third kappa shape index (κ3) is 5.48. The topological polar surface area (TPSA) is 130 Å². The zero-order valence-corrected chi connectivity index (χ0v) is 19.2. The summed E-state index contributed by atoms with van der Waals surface area (Å²) in [5, 5.41) is 2.60. The van der Waals surface area contributed by atoms with Gasteiger partial charge >= 0.3 is 0 Å². The van der Waals surface area contributed by atoms with Crippen molar-refractivity contribution in [3.63, 3.8) is 0 Å². The molecule has 0 aromatic carbocycles. The third-order valence-electron chi connectivity index (χ3n) is 7.27. The molecule has 9 nitrogen and oxygen atoms in total. The Hall–Kier alpha value is -2.45. The van der Waals surface area contributed by atoms with Crippen LogP contribution in [0.1, 0.15) is 71.6 Å². The van der Waals surface area contributed by atoms with E-state index in [0.717, 1.165) is 6.42 Å². The predicted molar refractivity (Wildman–Crippen MR) is 117 cm³/mol. The first-order chi connectivity index (χ1) is 15.2. The minimum atomic E-state index is -0.933. The van der Waals surface area contributed by atoms with Crippen LogP contribution < -0.4 is 11.1 Å². The van der Waals surface area contributed by atoms with E-state index in [9.17, 15) is 24.0 Å². The summed E-state index contributed by atoms with van der Waals surface area (Å²) in [6.07, 6.45) is 7.99. The molecule has 3 fully saturated rings. The first-order valence-corrected chi connectivity index (χ1v) is 11.9. The SMILES string of the molecule is CC(=O)N[C@@H](CC(C)C(N)=O)C(=O)N1CC(=O)C2C1CCN2C(=O)CCC1CCCCC1. The first kappa shape index (κ1) is 24.2. The summed E-state index contributed by atoms with van der Waals surface area (Å²) in [5.41, 5.74) is 5.34. The Balaban J connectivity index is 1.64.